The van der Waals surface area contributed by atoms with Crippen molar-refractivity contribution in [1.82, 2.24) is 9.66 Å². The summed E-state index contributed by atoms with van der Waals surface area (Å²) in [5.74, 6) is 1.78. The highest BCUT2D eigenvalue weighted by atomic mass is 79.9. The van der Waals surface area contributed by atoms with Crippen molar-refractivity contribution < 1.29 is 4.74 Å². The summed E-state index contributed by atoms with van der Waals surface area (Å²) in [7, 11) is 0. The second-order valence-electron chi connectivity index (χ2n) is 7.50. The van der Waals surface area contributed by atoms with E-state index < -0.39 is 0 Å². The SMILES string of the molecule is C=CCOc1ccc(C=Nn2c(C3CCCCC3)nc3ccc(Br)cc3c2=O)cc1. The first kappa shape index (κ1) is 20.5. The summed E-state index contributed by atoms with van der Waals surface area (Å²) in [6.45, 7) is 4.12. The Balaban J connectivity index is 1.73. The molecule has 5 nitrogen and oxygen atoms in total. The molecule has 6 heteroatoms. The Labute approximate surface area is 184 Å². The fourth-order valence-corrected chi connectivity index (χ4v) is 4.19. The zero-order valence-corrected chi connectivity index (χ0v) is 18.3. The van der Waals surface area contributed by atoms with Gasteiger partial charge in [-0.15, -0.1) is 0 Å². The van der Waals surface area contributed by atoms with Crippen LogP contribution in [0.15, 0.2) is 69.5 Å². The maximum Gasteiger partial charge on any atom is 0.282 e. The van der Waals surface area contributed by atoms with Gasteiger partial charge in [0.05, 0.1) is 17.1 Å². The average molecular weight is 466 g/mol. The van der Waals surface area contributed by atoms with Gasteiger partial charge >= 0.3 is 0 Å². The lowest BCUT2D eigenvalue weighted by Crippen LogP contribution is -2.25. The average Bonchev–Trinajstić information content (AvgIpc) is 2.78. The third-order valence-electron chi connectivity index (χ3n) is 5.37. The second-order valence-corrected chi connectivity index (χ2v) is 8.41. The highest BCUT2D eigenvalue weighted by molar-refractivity contribution is 9.10. The molecule has 0 spiro atoms. The first-order valence-corrected chi connectivity index (χ1v) is 11.1. The van der Waals surface area contributed by atoms with Crippen LogP contribution in [0.25, 0.3) is 10.9 Å². The number of hydrogen-bond donors (Lipinski definition) is 0. The number of nitrogens with zero attached hydrogens (tertiary/aromatic N) is 3. The van der Waals surface area contributed by atoms with E-state index in [0.29, 0.717) is 12.0 Å². The van der Waals surface area contributed by atoms with Crippen LogP contribution in [-0.4, -0.2) is 22.5 Å². The van der Waals surface area contributed by atoms with E-state index in [4.69, 9.17) is 9.72 Å². The number of aromatic nitrogens is 2. The summed E-state index contributed by atoms with van der Waals surface area (Å²) in [4.78, 5) is 18.2. The van der Waals surface area contributed by atoms with Gasteiger partial charge in [0.25, 0.3) is 5.56 Å². The van der Waals surface area contributed by atoms with Gasteiger partial charge < -0.3 is 4.74 Å². The lowest BCUT2D eigenvalue weighted by molar-refractivity contribution is 0.363. The molecule has 1 heterocycles. The molecule has 1 aliphatic rings. The summed E-state index contributed by atoms with van der Waals surface area (Å²) in [5, 5.41) is 5.13. The van der Waals surface area contributed by atoms with E-state index in [1.165, 1.54) is 11.1 Å². The maximum absolute atomic E-state index is 13.3. The number of rotatable bonds is 6. The second kappa shape index (κ2) is 9.39. The smallest absolute Gasteiger partial charge is 0.282 e. The molecule has 1 aromatic heterocycles. The van der Waals surface area contributed by atoms with Crippen molar-refractivity contribution in [3.8, 4) is 5.75 Å². The van der Waals surface area contributed by atoms with Crippen LogP contribution in [0.1, 0.15) is 49.4 Å². The van der Waals surface area contributed by atoms with Gasteiger partial charge in [-0.2, -0.15) is 9.78 Å². The van der Waals surface area contributed by atoms with E-state index in [1.807, 2.05) is 42.5 Å². The Morgan fingerprint density at radius 2 is 1.93 bits per heavy atom. The van der Waals surface area contributed by atoms with Gasteiger partial charge in [-0.25, -0.2) is 4.98 Å². The predicted octanol–water partition coefficient (Wildman–Crippen LogP) is 5.65. The van der Waals surface area contributed by atoms with Crippen molar-refractivity contribution >= 4 is 33.0 Å². The number of benzene rings is 2. The molecule has 0 bridgehead atoms. The highest BCUT2D eigenvalue weighted by Crippen LogP contribution is 2.32. The number of hydrogen-bond acceptors (Lipinski definition) is 4. The monoisotopic (exact) mass is 465 g/mol. The van der Waals surface area contributed by atoms with Gasteiger partial charge in [-0.1, -0.05) is 47.8 Å². The van der Waals surface area contributed by atoms with Crippen LogP contribution in [-0.2, 0) is 0 Å². The fraction of sp³-hybridized carbons (Fsp3) is 0.292. The Bertz CT molecular complexity index is 1130. The molecule has 1 saturated carbocycles. The molecule has 0 saturated heterocycles. The number of ether oxygens (including phenoxy) is 1. The molecule has 0 N–H and O–H groups in total. The minimum absolute atomic E-state index is 0.135. The molecule has 154 valence electrons. The summed E-state index contributed by atoms with van der Waals surface area (Å²) >= 11 is 3.45. The van der Waals surface area contributed by atoms with Gasteiger partial charge in [-0.3, -0.25) is 4.79 Å². The highest BCUT2D eigenvalue weighted by Gasteiger charge is 2.22. The zero-order valence-electron chi connectivity index (χ0n) is 16.8. The van der Waals surface area contributed by atoms with Gasteiger partial charge in [-0.05, 0) is 60.9 Å². The number of halogens is 1. The zero-order chi connectivity index (χ0) is 20.9. The van der Waals surface area contributed by atoms with Crippen LogP contribution in [0.4, 0.5) is 0 Å². The molecule has 2 aromatic carbocycles. The summed E-state index contributed by atoms with van der Waals surface area (Å²) in [6, 6.07) is 13.2. The minimum atomic E-state index is -0.135. The molecule has 4 rings (SSSR count). The van der Waals surface area contributed by atoms with E-state index in [2.05, 4.69) is 27.6 Å². The van der Waals surface area contributed by atoms with Gasteiger partial charge in [0, 0.05) is 10.4 Å². The molecule has 1 aliphatic carbocycles. The van der Waals surface area contributed by atoms with Crippen LogP contribution in [0, 0.1) is 0 Å². The molecular formula is C24H24BrN3O2. The third-order valence-corrected chi connectivity index (χ3v) is 5.87. The molecule has 0 atom stereocenters. The lowest BCUT2D eigenvalue weighted by Gasteiger charge is -2.22. The van der Waals surface area contributed by atoms with Crippen LogP contribution in [0.3, 0.4) is 0 Å². The molecule has 0 unspecified atom stereocenters. The molecule has 3 aromatic rings. The van der Waals surface area contributed by atoms with E-state index in [9.17, 15) is 4.79 Å². The number of fused-ring (bicyclic) bond motifs is 1. The van der Waals surface area contributed by atoms with Crippen molar-refractivity contribution in [2.24, 2.45) is 5.10 Å². The van der Waals surface area contributed by atoms with Gasteiger partial charge in [0.1, 0.15) is 18.2 Å². The first-order valence-electron chi connectivity index (χ1n) is 10.3. The molecular weight excluding hydrogens is 442 g/mol. The molecule has 0 aliphatic heterocycles. The lowest BCUT2D eigenvalue weighted by atomic mass is 9.88. The van der Waals surface area contributed by atoms with Crippen molar-refractivity contribution in [3.63, 3.8) is 0 Å². The maximum atomic E-state index is 13.3. The normalized spacial score (nSPS) is 15.0. The van der Waals surface area contributed by atoms with Crippen molar-refractivity contribution in [2.45, 2.75) is 38.0 Å². The van der Waals surface area contributed by atoms with E-state index in [1.54, 1.807) is 12.3 Å². The summed E-state index contributed by atoms with van der Waals surface area (Å²) in [6.07, 6.45) is 9.06. The van der Waals surface area contributed by atoms with Gasteiger partial charge in [0.15, 0.2) is 0 Å². The minimum Gasteiger partial charge on any atom is -0.490 e. The van der Waals surface area contributed by atoms with Crippen LogP contribution in [0.5, 0.6) is 5.75 Å². The van der Waals surface area contributed by atoms with Crippen LogP contribution >= 0.6 is 15.9 Å². The van der Waals surface area contributed by atoms with Gasteiger partial charge in [0.2, 0.25) is 0 Å². The van der Waals surface area contributed by atoms with Crippen molar-refractivity contribution in [3.05, 3.63) is 81.3 Å². The third kappa shape index (κ3) is 4.54. The Kier molecular flexibility index (Phi) is 6.43. The molecule has 30 heavy (non-hydrogen) atoms. The quantitative estimate of drug-likeness (QED) is 0.348. The topological polar surface area (TPSA) is 56.5 Å². The predicted molar refractivity (Wildman–Crippen MR) is 125 cm³/mol. The molecule has 0 amide bonds. The standard InChI is InChI=1S/C24H24BrN3O2/c1-2-14-30-20-11-8-17(9-12-20)16-26-28-23(18-6-4-3-5-7-18)27-22-13-10-19(25)15-21(22)24(28)29/h2,8-13,15-16,18H,1,3-7,14H2. The Morgan fingerprint density at radius 3 is 2.67 bits per heavy atom. The van der Waals surface area contributed by atoms with Crippen LogP contribution in [0.2, 0.25) is 0 Å². The largest absolute Gasteiger partial charge is 0.490 e. The van der Waals surface area contributed by atoms with Crippen molar-refractivity contribution in [2.75, 3.05) is 6.61 Å². The first-order chi connectivity index (χ1) is 14.7. The molecule has 0 radical (unpaired) electrons. The summed E-state index contributed by atoms with van der Waals surface area (Å²) < 4.78 is 7.86. The Hall–Kier alpha value is -2.73. The van der Waals surface area contributed by atoms with Crippen LogP contribution < -0.4 is 10.3 Å². The van der Waals surface area contributed by atoms with E-state index in [0.717, 1.165) is 52.8 Å². The summed E-state index contributed by atoms with van der Waals surface area (Å²) in [5.41, 5.74) is 1.47. The fourth-order valence-electron chi connectivity index (χ4n) is 3.83. The van der Waals surface area contributed by atoms with E-state index >= 15 is 0 Å². The molecule has 1 fully saturated rings. The van der Waals surface area contributed by atoms with E-state index in [-0.39, 0.29) is 11.5 Å². The Morgan fingerprint density at radius 1 is 1.17 bits per heavy atom. The van der Waals surface area contributed by atoms with Crippen molar-refractivity contribution in [1.29, 1.82) is 0 Å².